The Kier molecular flexibility index (Phi) is 2.44. The third-order valence-electron chi connectivity index (χ3n) is 2.37. The van der Waals surface area contributed by atoms with E-state index in [0.717, 1.165) is 16.4 Å². The molecule has 1 atom stereocenters. The van der Waals surface area contributed by atoms with Gasteiger partial charge in [-0.1, -0.05) is 11.6 Å². The maximum atomic E-state index is 6.04. The highest BCUT2D eigenvalue weighted by Crippen LogP contribution is 2.20. The molecule has 0 radical (unpaired) electrons. The zero-order valence-corrected chi connectivity index (χ0v) is 8.92. The average Bonchev–Trinajstić information content (AvgIpc) is 2.62. The number of nitrogens with zero attached hydrogens (tertiary/aromatic N) is 2. The van der Waals surface area contributed by atoms with E-state index in [0.29, 0.717) is 0 Å². The van der Waals surface area contributed by atoms with Crippen LogP contribution in [0.1, 0.15) is 18.8 Å². The monoisotopic (exact) mass is 209 g/mol. The van der Waals surface area contributed by atoms with Crippen LogP contribution in [0.15, 0.2) is 24.5 Å². The number of rotatable bonds is 2. The van der Waals surface area contributed by atoms with Gasteiger partial charge in [0.2, 0.25) is 0 Å². The molecule has 4 heteroatoms. The molecule has 0 aromatic carbocycles. The maximum Gasteiger partial charge on any atom is 0.130 e. The Morgan fingerprint density at radius 3 is 3.07 bits per heavy atom. The molecule has 0 aliphatic rings. The van der Waals surface area contributed by atoms with Crippen molar-refractivity contribution in [1.82, 2.24) is 14.7 Å². The maximum absolute atomic E-state index is 6.04. The topological polar surface area (TPSA) is 29.3 Å². The predicted octanol–water partition coefficient (Wildman–Crippen LogP) is 2.27. The molecule has 0 spiro atoms. The van der Waals surface area contributed by atoms with Crippen molar-refractivity contribution in [1.29, 1.82) is 0 Å². The van der Waals surface area contributed by atoms with Crippen LogP contribution in [0.25, 0.3) is 5.52 Å². The highest BCUT2D eigenvalue weighted by Gasteiger charge is 2.10. The first-order chi connectivity index (χ1) is 6.74. The molecule has 0 saturated carbocycles. The van der Waals surface area contributed by atoms with E-state index in [4.69, 9.17) is 11.6 Å². The van der Waals surface area contributed by atoms with Gasteiger partial charge in [0.15, 0.2) is 0 Å². The second-order valence-corrected chi connectivity index (χ2v) is 3.65. The Morgan fingerprint density at radius 1 is 1.57 bits per heavy atom. The van der Waals surface area contributed by atoms with Gasteiger partial charge >= 0.3 is 0 Å². The number of halogens is 1. The lowest BCUT2D eigenvalue weighted by Gasteiger charge is -2.08. The minimum atomic E-state index is 0.218. The van der Waals surface area contributed by atoms with E-state index in [1.807, 2.05) is 29.8 Å². The summed E-state index contributed by atoms with van der Waals surface area (Å²) in [6.07, 6.45) is 3.77. The van der Waals surface area contributed by atoms with Crippen molar-refractivity contribution in [3.05, 3.63) is 35.4 Å². The number of hydrogen-bond donors (Lipinski definition) is 1. The summed E-state index contributed by atoms with van der Waals surface area (Å²) < 4.78 is 2.00. The first-order valence-electron chi connectivity index (χ1n) is 4.52. The molecule has 14 heavy (non-hydrogen) atoms. The molecule has 0 saturated heterocycles. The van der Waals surface area contributed by atoms with Gasteiger partial charge in [-0.3, -0.25) is 0 Å². The molecule has 2 aromatic heterocycles. The summed E-state index contributed by atoms with van der Waals surface area (Å²) in [6.45, 7) is 2.07. The molecule has 74 valence electrons. The lowest BCUT2D eigenvalue weighted by Crippen LogP contribution is -2.15. The van der Waals surface area contributed by atoms with Crippen molar-refractivity contribution >= 4 is 17.1 Å². The van der Waals surface area contributed by atoms with Gasteiger partial charge < -0.3 is 9.72 Å². The molecule has 2 aromatic rings. The Bertz CT molecular complexity index is 450. The van der Waals surface area contributed by atoms with Gasteiger partial charge in [0.1, 0.15) is 5.82 Å². The van der Waals surface area contributed by atoms with Crippen LogP contribution in [-0.2, 0) is 0 Å². The van der Waals surface area contributed by atoms with Gasteiger partial charge in [-0.15, -0.1) is 0 Å². The quantitative estimate of drug-likeness (QED) is 0.822. The molecular weight excluding hydrogens is 198 g/mol. The molecule has 0 amide bonds. The molecule has 0 bridgehead atoms. The van der Waals surface area contributed by atoms with Crippen LogP contribution in [0.3, 0.4) is 0 Å². The van der Waals surface area contributed by atoms with Crippen molar-refractivity contribution in [2.75, 3.05) is 7.05 Å². The number of hydrogen-bond acceptors (Lipinski definition) is 2. The van der Waals surface area contributed by atoms with Crippen molar-refractivity contribution in [2.45, 2.75) is 13.0 Å². The smallest absolute Gasteiger partial charge is 0.130 e. The number of pyridine rings is 1. The van der Waals surface area contributed by atoms with Crippen molar-refractivity contribution in [2.24, 2.45) is 0 Å². The van der Waals surface area contributed by atoms with E-state index in [-0.39, 0.29) is 6.04 Å². The fraction of sp³-hybridized carbons (Fsp3) is 0.300. The van der Waals surface area contributed by atoms with Gasteiger partial charge in [0.05, 0.1) is 22.8 Å². The third-order valence-corrected chi connectivity index (χ3v) is 2.69. The zero-order valence-electron chi connectivity index (χ0n) is 8.16. The Balaban J connectivity index is 2.63. The number of nitrogens with one attached hydrogen (secondary N) is 1. The van der Waals surface area contributed by atoms with E-state index in [1.165, 1.54) is 0 Å². The first-order valence-corrected chi connectivity index (χ1v) is 4.90. The van der Waals surface area contributed by atoms with Gasteiger partial charge in [-0.05, 0) is 26.1 Å². The summed E-state index contributed by atoms with van der Waals surface area (Å²) in [6, 6.07) is 4.01. The highest BCUT2D eigenvalue weighted by atomic mass is 35.5. The molecule has 1 N–H and O–H groups in total. The van der Waals surface area contributed by atoms with Crippen LogP contribution >= 0.6 is 11.6 Å². The van der Waals surface area contributed by atoms with Gasteiger partial charge in [-0.25, -0.2) is 4.98 Å². The largest absolute Gasteiger partial charge is 0.311 e. The van der Waals surface area contributed by atoms with Crippen molar-refractivity contribution in [3.63, 3.8) is 0 Å². The van der Waals surface area contributed by atoms with Crippen LogP contribution in [0.5, 0.6) is 0 Å². The second kappa shape index (κ2) is 3.59. The summed E-state index contributed by atoms with van der Waals surface area (Å²) in [4.78, 5) is 4.34. The lowest BCUT2D eigenvalue weighted by atomic mass is 10.3. The van der Waals surface area contributed by atoms with Crippen LogP contribution in [0.4, 0.5) is 0 Å². The molecular formula is C10H12ClN3. The molecule has 2 rings (SSSR count). The normalized spacial score (nSPS) is 13.4. The molecule has 0 aliphatic carbocycles. The van der Waals surface area contributed by atoms with Crippen molar-refractivity contribution < 1.29 is 0 Å². The van der Waals surface area contributed by atoms with Crippen LogP contribution in [0.2, 0.25) is 5.02 Å². The third kappa shape index (κ3) is 1.38. The molecule has 0 aliphatic heterocycles. The van der Waals surface area contributed by atoms with Gasteiger partial charge in [-0.2, -0.15) is 0 Å². The molecule has 0 fully saturated rings. The predicted molar refractivity (Wildman–Crippen MR) is 57.7 cm³/mol. The van der Waals surface area contributed by atoms with E-state index in [1.54, 1.807) is 6.20 Å². The Hall–Kier alpha value is -1.06. The highest BCUT2D eigenvalue weighted by molar-refractivity contribution is 6.33. The van der Waals surface area contributed by atoms with E-state index < -0.39 is 0 Å². The Labute approximate surface area is 87.7 Å². The van der Waals surface area contributed by atoms with E-state index in [2.05, 4.69) is 17.2 Å². The Morgan fingerprint density at radius 2 is 2.36 bits per heavy atom. The fourth-order valence-electron chi connectivity index (χ4n) is 1.46. The number of imidazole rings is 1. The van der Waals surface area contributed by atoms with Gasteiger partial charge in [0, 0.05) is 6.20 Å². The summed E-state index contributed by atoms with van der Waals surface area (Å²) in [5.41, 5.74) is 0.950. The fourth-order valence-corrected chi connectivity index (χ4v) is 1.67. The second-order valence-electron chi connectivity index (χ2n) is 3.24. The summed E-state index contributed by atoms with van der Waals surface area (Å²) in [5, 5.41) is 3.88. The lowest BCUT2D eigenvalue weighted by molar-refractivity contribution is 0.608. The van der Waals surface area contributed by atoms with E-state index in [9.17, 15) is 0 Å². The minimum Gasteiger partial charge on any atom is -0.311 e. The standard InChI is InChI=1S/C10H12ClN3/c1-7(12-2)10-13-6-9-8(11)4-3-5-14(9)10/h3-7,12H,1-2H3. The SMILES string of the molecule is CNC(C)c1ncc2c(Cl)cccn12. The van der Waals surface area contributed by atoms with Crippen LogP contribution in [-0.4, -0.2) is 16.4 Å². The average molecular weight is 210 g/mol. The minimum absolute atomic E-state index is 0.218. The van der Waals surface area contributed by atoms with E-state index >= 15 is 0 Å². The molecule has 1 unspecified atom stereocenters. The van der Waals surface area contributed by atoms with Crippen molar-refractivity contribution in [3.8, 4) is 0 Å². The number of aromatic nitrogens is 2. The zero-order chi connectivity index (χ0) is 10.1. The van der Waals surface area contributed by atoms with Gasteiger partial charge in [0.25, 0.3) is 0 Å². The summed E-state index contributed by atoms with van der Waals surface area (Å²) in [7, 11) is 1.91. The first kappa shape index (κ1) is 9.49. The summed E-state index contributed by atoms with van der Waals surface area (Å²) >= 11 is 6.04. The molecule has 3 nitrogen and oxygen atoms in total. The number of fused-ring (bicyclic) bond motifs is 1. The van der Waals surface area contributed by atoms with Crippen LogP contribution < -0.4 is 5.32 Å². The molecule has 2 heterocycles. The van der Waals surface area contributed by atoms with Crippen LogP contribution in [0, 0.1) is 0 Å². The summed E-state index contributed by atoms with van der Waals surface area (Å²) in [5.74, 6) is 0.977.